The first kappa shape index (κ1) is 60.5. The second kappa shape index (κ2) is 50.5. The number of nitrogens with one attached hydrogen (secondary N) is 1. The molecule has 364 valence electrons. The van der Waals surface area contributed by atoms with Crippen molar-refractivity contribution in [2.45, 2.75) is 238 Å². The molecular formula is C58H97NO5. The van der Waals surface area contributed by atoms with Gasteiger partial charge in [0, 0.05) is 6.42 Å². The van der Waals surface area contributed by atoms with Crippen molar-refractivity contribution in [3.05, 3.63) is 109 Å². The van der Waals surface area contributed by atoms with E-state index in [9.17, 15) is 19.8 Å². The Morgan fingerprint density at radius 3 is 1.42 bits per heavy atom. The molecule has 0 fully saturated rings. The SMILES string of the molecule is CC/C=C/C/C=C/C/C=C/C/C=C/C/C=C/CCC(=O)OC(CCCCC/C=C/C=C/C=C/C=C/CCCCC)CC(=O)NC(CO)C(O)CCCCCCCCCCCCCCC. The van der Waals surface area contributed by atoms with E-state index in [1.54, 1.807) is 0 Å². The highest BCUT2D eigenvalue weighted by molar-refractivity contribution is 5.77. The van der Waals surface area contributed by atoms with Gasteiger partial charge in [-0.05, 0) is 83.5 Å². The molecule has 1 amide bonds. The number of unbranched alkanes of at least 4 members (excludes halogenated alkanes) is 18. The number of hydrogen-bond acceptors (Lipinski definition) is 5. The number of allylic oxidation sites excluding steroid dienone is 18. The second-order valence-corrected chi connectivity index (χ2v) is 17.3. The Morgan fingerprint density at radius 1 is 0.484 bits per heavy atom. The summed E-state index contributed by atoms with van der Waals surface area (Å²) in [5.74, 6) is -0.620. The maximum Gasteiger partial charge on any atom is 0.306 e. The molecule has 3 unspecified atom stereocenters. The average molecular weight is 888 g/mol. The molecule has 6 nitrogen and oxygen atoms in total. The summed E-state index contributed by atoms with van der Waals surface area (Å²) < 4.78 is 5.88. The van der Waals surface area contributed by atoms with E-state index in [1.165, 1.54) is 83.5 Å². The van der Waals surface area contributed by atoms with E-state index in [2.05, 4.69) is 111 Å². The Labute approximate surface area is 394 Å². The van der Waals surface area contributed by atoms with Crippen LogP contribution in [0.1, 0.15) is 220 Å². The fourth-order valence-corrected chi connectivity index (χ4v) is 7.26. The second-order valence-electron chi connectivity index (χ2n) is 17.3. The fourth-order valence-electron chi connectivity index (χ4n) is 7.26. The molecule has 0 rings (SSSR count). The van der Waals surface area contributed by atoms with Gasteiger partial charge in [0.1, 0.15) is 6.10 Å². The Hall–Kier alpha value is -3.48. The highest BCUT2D eigenvalue weighted by Crippen LogP contribution is 2.16. The van der Waals surface area contributed by atoms with Crippen molar-refractivity contribution in [3.63, 3.8) is 0 Å². The number of aliphatic hydroxyl groups excluding tert-OH is 2. The van der Waals surface area contributed by atoms with Crippen LogP contribution >= 0.6 is 0 Å². The Morgan fingerprint density at radius 2 is 0.906 bits per heavy atom. The molecule has 0 bridgehead atoms. The van der Waals surface area contributed by atoms with Crippen molar-refractivity contribution in [2.75, 3.05) is 6.61 Å². The standard InChI is InChI=1S/C58H97NO5/c1-4-7-10-13-16-19-22-25-27-29-32-34-37-40-43-46-49-54(64-58(63)51-48-45-42-39-36-33-30-28-26-23-20-17-14-11-8-5-2)52-57(62)59-55(53-60)56(61)50-47-44-41-38-35-31-24-21-18-15-12-9-6-3/h8,11,16-17,19-20,22,25-29,32-34,36,42,45,54-56,60-61H,4-7,9-10,12-15,18,21,23-24,30-31,35,37-41,43-44,46-53H2,1-3H3,(H,59,62)/b11-8+,19-16+,20-17+,25-22+,28-26+,29-27+,34-32+,36-33+,45-42+. The van der Waals surface area contributed by atoms with E-state index < -0.39 is 18.2 Å². The molecule has 0 aromatic heterocycles. The minimum absolute atomic E-state index is 0.0154. The lowest BCUT2D eigenvalue weighted by atomic mass is 10.0. The van der Waals surface area contributed by atoms with Gasteiger partial charge in [-0.25, -0.2) is 0 Å². The van der Waals surface area contributed by atoms with Gasteiger partial charge in [0.25, 0.3) is 0 Å². The maximum absolute atomic E-state index is 13.2. The molecule has 0 spiro atoms. The zero-order chi connectivity index (χ0) is 46.7. The van der Waals surface area contributed by atoms with Crippen LogP contribution in [0.4, 0.5) is 0 Å². The summed E-state index contributed by atoms with van der Waals surface area (Å²) in [6.45, 7) is 6.29. The van der Waals surface area contributed by atoms with E-state index in [4.69, 9.17) is 4.74 Å². The largest absolute Gasteiger partial charge is 0.462 e. The van der Waals surface area contributed by atoms with Crippen molar-refractivity contribution in [1.82, 2.24) is 5.32 Å². The van der Waals surface area contributed by atoms with Crippen LogP contribution < -0.4 is 5.32 Å². The maximum atomic E-state index is 13.2. The van der Waals surface area contributed by atoms with Gasteiger partial charge in [-0.15, -0.1) is 0 Å². The van der Waals surface area contributed by atoms with Crippen molar-refractivity contribution in [1.29, 1.82) is 0 Å². The third-order valence-electron chi connectivity index (χ3n) is 11.2. The molecule has 0 aliphatic carbocycles. The van der Waals surface area contributed by atoms with Crippen LogP contribution in [-0.2, 0) is 14.3 Å². The summed E-state index contributed by atoms with van der Waals surface area (Å²) in [7, 11) is 0. The molecule has 0 radical (unpaired) electrons. The van der Waals surface area contributed by atoms with Gasteiger partial charge in [0.15, 0.2) is 0 Å². The molecule has 0 aromatic carbocycles. The molecule has 0 saturated heterocycles. The lowest BCUT2D eigenvalue weighted by Crippen LogP contribution is -2.46. The zero-order valence-electron chi connectivity index (χ0n) is 41.4. The molecule has 3 N–H and O–H groups in total. The minimum atomic E-state index is -0.817. The third kappa shape index (κ3) is 45.1. The molecule has 0 aliphatic heterocycles. The predicted molar refractivity (Wildman–Crippen MR) is 277 cm³/mol. The quantitative estimate of drug-likeness (QED) is 0.0245. The van der Waals surface area contributed by atoms with Crippen molar-refractivity contribution in [2.24, 2.45) is 0 Å². The highest BCUT2D eigenvalue weighted by atomic mass is 16.5. The molecule has 0 saturated carbocycles. The first-order chi connectivity index (χ1) is 31.5. The van der Waals surface area contributed by atoms with Gasteiger partial charge in [-0.3, -0.25) is 9.59 Å². The summed E-state index contributed by atoms with van der Waals surface area (Å²) in [6, 6.07) is -0.736. The van der Waals surface area contributed by atoms with Crippen molar-refractivity contribution in [3.8, 4) is 0 Å². The van der Waals surface area contributed by atoms with Gasteiger partial charge >= 0.3 is 5.97 Å². The molecule has 0 aliphatic rings. The van der Waals surface area contributed by atoms with Gasteiger partial charge in [-0.1, -0.05) is 233 Å². The fraction of sp³-hybridized carbons (Fsp3) is 0.655. The predicted octanol–water partition coefficient (Wildman–Crippen LogP) is 15.9. The molecule has 64 heavy (non-hydrogen) atoms. The van der Waals surface area contributed by atoms with Crippen molar-refractivity contribution < 1.29 is 24.5 Å². The van der Waals surface area contributed by atoms with Crippen LogP contribution in [0.15, 0.2) is 109 Å². The molecule has 0 heterocycles. The number of ether oxygens (including phenoxy) is 1. The molecule has 6 heteroatoms. The van der Waals surface area contributed by atoms with Crippen LogP contribution in [0.3, 0.4) is 0 Å². The normalized spacial score (nSPS) is 14.1. The van der Waals surface area contributed by atoms with Gasteiger partial charge in [-0.2, -0.15) is 0 Å². The number of rotatable bonds is 45. The highest BCUT2D eigenvalue weighted by Gasteiger charge is 2.24. The Bertz CT molecular complexity index is 1320. The van der Waals surface area contributed by atoms with E-state index in [-0.39, 0.29) is 31.3 Å². The number of amides is 1. The molecule has 3 atom stereocenters. The number of aliphatic hydroxyl groups is 2. The summed E-state index contributed by atoms with van der Waals surface area (Å²) >= 11 is 0. The van der Waals surface area contributed by atoms with Crippen LogP contribution in [0.2, 0.25) is 0 Å². The first-order valence-corrected chi connectivity index (χ1v) is 26.2. The van der Waals surface area contributed by atoms with E-state index in [0.717, 1.165) is 83.5 Å². The Balaban J connectivity index is 4.81. The molecule has 0 aromatic rings. The van der Waals surface area contributed by atoms with Crippen LogP contribution in [-0.4, -0.2) is 46.9 Å². The summed E-state index contributed by atoms with van der Waals surface area (Å²) in [6.07, 6.45) is 68.6. The number of carbonyl (C=O) groups is 2. The van der Waals surface area contributed by atoms with Crippen molar-refractivity contribution >= 4 is 11.9 Å². The van der Waals surface area contributed by atoms with Gasteiger partial charge in [0.05, 0.1) is 25.2 Å². The molecular weight excluding hydrogens is 791 g/mol. The van der Waals surface area contributed by atoms with Crippen LogP contribution in [0, 0.1) is 0 Å². The number of carbonyl (C=O) groups excluding carboxylic acids is 2. The topological polar surface area (TPSA) is 95.9 Å². The van der Waals surface area contributed by atoms with E-state index >= 15 is 0 Å². The minimum Gasteiger partial charge on any atom is -0.462 e. The summed E-state index contributed by atoms with van der Waals surface area (Å²) in [4.78, 5) is 26.1. The van der Waals surface area contributed by atoms with Gasteiger partial charge in [0.2, 0.25) is 5.91 Å². The average Bonchev–Trinajstić information content (AvgIpc) is 3.29. The monoisotopic (exact) mass is 888 g/mol. The smallest absolute Gasteiger partial charge is 0.306 e. The third-order valence-corrected chi connectivity index (χ3v) is 11.2. The van der Waals surface area contributed by atoms with E-state index in [0.29, 0.717) is 19.3 Å². The summed E-state index contributed by atoms with van der Waals surface area (Å²) in [5, 5.41) is 23.8. The van der Waals surface area contributed by atoms with Crippen LogP contribution in [0.5, 0.6) is 0 Å². The zero-order valence-corrected chi connectivity index (χ0v) is 41.4. The Kier molecular flexibility index (Phi) is 47.8. The number of hydrogen-bond donors (Lipinski definition) is 3. The summed E-state index contributed by atoms with van der Waals surface area (Å²) in [5.41, 5.74) is 0. The van der Waals surface area contributed by atoms with Crippen LogP contribution in [0.25, 0.3) is 0 Å². The van der Waals surface area contributed by atoms with Gasteiger partial charge < -0.3 is 20.3 Å². The lowest BCUT2D eigenvalue weighted by molar-refractivity contribution is -0.150. The van der Waals surface area contributed by atoms with E-state index in [1.807, 2.05) is 24.3 Å². The number of esters is 1. The lowest BCUT2D eigenvalue weighted by Gasteiger charge is -2.24. The first-order valence-electron chi connectivity index (χ1n) is 26.2.